The number of nitrogens with two attached hydrogens (primary N) is 1. The molecule has 3 N–H and O–H groups in total. The molecule has 1 heterocycles. The minimum absolute atomic E-state index is 0.318. The maximum absolute atomic E-state index is 11.6. The Morgan fingerprint density at radius 2 is 2.00 bits per heavy atom. The number of nitrogens with zero attached hydrogens (tertiary/aromatic N) is 1. The number of nitrogens with one attached hydrogen (secondary N) is 1. The molecule has 2 aromatic carbocycles. The van der Waals surface area contributed by atoms with Crippen LogP contribution in [0.2, 0.25) is 0 Å². The predicted molar refractivity (Wildman–Crippen MR) is 81.9 cm³/mol. The van der Waals surface area contributed by atoms with Gasteiger partial charge in [0.25, 0.3) is 0 Å². The molecule has 0 amide bonds. The topological polar surface area (TPSA) is 81.0 Å². The van der Waals surface area contributed by atoms with E-state index in [1.54, 1.807) is 19.1 Å². The number of ether oxygens (including phenoxy) is 1. The van der Waals surface area contributed by atoms with Crippen molar-refractivity contribution in [2.75, 3.05) is 12.3 Å². The van der Waals surface area contributed by atoms with E-state index in [1.807, 2.05) is 30.3 Å². The van der Waals surface area contributed by atoms with Crippen molar-refractivity contribution in [2.24, 2.45) is 0 Å². The van der Waals surface area contributed by atoms with Gasteiger partial charge in [-0.05, 0) is 37.3 Å². The van der Waals surface area contributed by atoms with E-state index in [9.17, 15) is 4.79 Å². The van der Waals surface area contributed by atoms with E-state index in [1.165, 1.54) is 0 Å². The van der Waals surface area contributed by atoms with Crippen LogP contribution in [0.1, 0.15) is 17.3 Å². The number of fused-ring (bicyclic) bond motifs is 1. The number of hydrogen-bond acceptors (Lipinski definition) is 4. The maximum atomic E-state index is 11.6. The van der Waals surface area contributed by atoms with Crippen LogP contribution in [-0.4, -0.2) is 22.5 Å². The highest BCUT2D eigenvalue weighted by atomic mass is 16.5. The van der Waals surface area contributed by atoms with Crippen LogP contribution in [0.25, 0.3) is 22.4 Å². The summed E-state index contributed by atoms with van der Waals surface area (Å²) in [6.07, 6.45) is 0. The smallest absolute Gasteiger partial charge is 0.338 e. The fourth-order valence-electron chi connectivity index (χ4n) is 2.14. The molecule has 0 atom stereocenters. The molecule has 0 saturated heterocycles. The van der Waals surface area contributed by atoms with Crippen molar-refractivity contribution in [1.29, 1.82) is 0 Å². The molecule has 106 valence electrons. The van der Waals surface area contributed by atoms with Crippen molar-refractivity contribution in [1.82, 2.24) is 9.97 Å². The van der Waals surface area contributed by atoms with Crippen LogP contribution in [0.15, 0.2) is 42.5 Å². The molecule has 3 rings (SSSR count). The summed E-state index contributed by atoms with van der Waals surface area (Å²) in [6.45, 7) is 2.15. The van der Waals surface area contributed by atoms with Crippen LogP contribution in [0, 0.1) is 0 Å². The van der Waals surface area contributed by atoms with E-state index in [0.717, 1.165) is 22.4 Å². The summed E-state index contributed by atoms with van der Waals surface area (Å²) in [5, 5.41) is 0. The Bertz CT molecular complexity index is 791. The number of H-pyrrole nitrogens is 1. The minimum atomic E-state index is -0.318. The van der Waals surface area contributed by atoms with Crippen LogP contribution in [-0.2, 0) is 4.74 Å². The first-order chi connectivity index (χ1) is 10.2. The number of nitrogen functional groups attached to an aromatic ring is 1. The molecule has 0 aliphatic carbocycles. The molecule has 0 spiro atoms. The summed E-state index contributed by atoms with van der Waals surface area (Å²) in [7, 11) is 0. The van der Waals surface area contributed by atoms with Gasteiger partial charge in [-0.2, -0.15) is 0 Å². The van der Waals surface area contributed by atoms with E-state index in [4.69, 9.17) is 10.5 Å². The van der Waals surface area contributed by atoms with E-state index in [-0.39, 0.29) is 5.97 Å². The number of imidazole rings is 1. The van der Waals surface area contributed by atoms with Crippen LogP contribution < -0.4 is 5.73 Å². The number of carbonyl (C=O) groups excluding carboxylic acids is 1. The van der Waals surface area contributed by atoms with Gasteiger partial charge in [0.2, 0.25) is 0 Å². The molecule has 3 aromatic rings. The van der Waals surface area contributed by atoms with Crippen LogP contribution in [0.5, 0.6) is 0 Å². The van der Waals surface area contributed by atoms with Gasteiger partial charge in [0.15, 0.2) is 0 Å². The summed E-state index contributed by atoms with van der Waals surface area (Å²) in [5.41, 5.74) is 9.62. The van der Waals surface area contributed by atoms with Crippen molar-refractivity contribution in [3.05, 3.63) is 48.0 Å². The average molecular weight is 281 g/mol. The van der Waals surface area contributed by atoms with Crippen molar-refractivity contribution >= 4 is 22.7 Å². The summed E-state index contributed by atoms with van der Waals surface area (Å²) >= 11 is 0. The molecule has 0 aliphatic rings. The van der Waals surface area contributed by atoms with Gasteiger partial charge < -0.3 is 15.5 Å². The number of rotatable bonds is 3. The molecule has 5 heteroatoms. The molecule has 21 heavy (non-hydrogen) atoms. The van der Waals surface area contributed by atoms with Gasteiger partial charge in [0, 0.05) is 11.3 Å². The molecular weight excluding hydrogens is 266 g/mol. The number of aromatic amines is 1. The third-order valence-electron chi connectivity index (χ3n) is 3.18. The first-order valence-corrected chi connectivity index (χ1v) is 6.70. The highest BCUT2D eigenvalue weighted by molar-refractivity contribution is 5.90. The summed E-state index contributed by atoms with van der Waals surface area (Å²) in [6, 6.07) is 12.7. The summed E-state index contributed by atoms with van der Waals surface area (Å²) in [5.74, 6) is 0.424. The van der Waals surface area contributed by atoms with Gasteiger partial charge in [-0.3, -0.25) is 0 Å². The zero-order chi connectivity index (χ0) is 14.8. The fraction of sp³-hybridized carbons (Fsp3) is 0.125. The lowest BCUT2D eigenvalue weighted by molar-refractivity contribution is 0.0526. The van der Waals surface area contributed by atoms with Gasteiger partial charge >= 0.3 is 5.97 Å². The molecule has 0 bridgehead atoms. The Balaban J connectivity index is 1.93. The molecule has 5 nitrogen and oxygen atoms in total. The van der Waals surface area contributed by atoms with Gasteiger partial charge in [0.1, 0.15) is 5.82 Å². The van der Waals surface area contributed by atoms with Crippen molar-refractivity contribution < 1.29 is 9.53 Å². The zero-order valence-electron chi connectivity index (χ0n) is 11.6. The molecule has 0 radical (unpaired) electrons. The Morgan fingerprint density at radius 1 is 1.24 bits per heavy atom. The highest BCUT2D eigenvalue weighted by Crippen LogP contribution is 2.22. The first kappa shape index (κ1) is 13.2. The molecule has 1 aromatic heterocycles. The lowest BCUT2D eigenvalue weighted by atomic mass is 10.1. The number of benzene rings is 2. The van der Waals surface area contributed by atoms with Crippen molar-refractivity contribution in [3.8, 4) is 11.4 Å². The summed E-state index contributed by atoms with van der Waals surface area (Å²) < 4.78 is 4.96. The number of anilines is 1. The Labute approximate surface area is 121 Å². The quantitative estimate of drug-likeness (QED) is 0.571. The number of aromatic nitrogens is 2. The SMILES string of the molecule is CCOC(=O)c1ccc(-c2nc3ccc(N)cc3[nH]2)cc1. The largest absolute Gasteiger partial charge is 0.462 e. The van der Waals surface area contributed by atoms with Crippen LogP contribution in [0.4, 0.5) is 5.69 Å². The molecule has 0 aliphatic heterocycles. The standard InChI is InChI=1S/C16H15N3O2/c1-2-21-16(20)11-5-3-10(4-6-11)15-18-13-8-7-12(17)9-14(13)19-15/h3-9H,2,17H2,1H3,(H,18,19). The Hall–Kier alpha value is -2.82. The average Bonchev–Trinajstić information content (AvgIpc) is 2.90. The van der Waals surface area contributed by atoms with E-state index < -0.39 is 0 Å². The van der Waals surface area contributed by atoms with Gasteiger partial charge in [-0.15, -0.1) is 0 Å². The second-order valence-corrected chi connectivity index (χ2v) is 4.66. The fourth-order valence-corrected chi connectivity index (χ4v) is 2.14. The van der Waals surface area contributed by atoms with Crippen molar-refractivity contribution in [3.63, 3.8) is 0 Å². The maximum Gasteiger partial charge on any atom is 0.338 e. The lowest BCUT2D eigenvalue weighted by Gasteiger charge is -2.02. The first-order valence-electron chi connectivity index (χ1n) is 6.70. The van der Waals surface area contributed by atoms with E-state index >= 15 is 0 Å². The van der Waals surface area contributed by atoms with Crippen LogP contribution in [0.3, 0.4) is 0 Å². The predicted octanol–water partition coefficient (Wildman–Crippen LogP) is 2.99. The molecule has 0 unspecified atom stereocenters. The Kier molecular flexibility index (Phi) is 3.31. The van der Waals surface area contributed by atoms with Gasteiger partial charge in [-0.1, -0.05) is 12.1 Å². The van der Waals surface area contributed by atoms with E-state index in [2.05, 4.69) is 9.97 Å². The number of carbonyl (C=O) groups is 1. The Morgan fingerprint density at radius 3 is 2.71 bits per heavy atom. The van der Waals surface area contributed by atoms with Gasteiger partial charge in [0.05, 0.1) is 23.2 Å². The second kappa shape index (κ2) is 5.28. The summed E-state index contributed by atoms with van der Waals surface area (Å²) in [4.78, 5) is 19.3. The zero-order valence-corrected chi connectivity index (χ0v) is 11.6. The third-order valence-corrected chi connectivity index (χ3v) is 3.18. The van der Waals surface area contributed by atoms with Crippen molar-refractivity contribution in [2.45, 2.75) is 6.92 Å². The highest BCUT2D eigenvalue weighted by Gasteiger charge is 2.09. The van der Waals surface area contributed by atoms with Gasteiger partial charge in [-0.25, -0.2) is 9.78 Å². The monoisotopic (exact) mass is 281 g/mol. The molecule has 0 saturated carbocycles. The normalized spacial score (nSPS) is 10.7. The molecule has 0 fully saturated rings. The second-order valence-electron chi connectivity index (χ2n) is 4.66. The number of hydrogen-bond donors (Lipinski definition) is 2. The minimum Gasteiger partial charge on any atom is -0.462 e. The molecular formula is C16H15N3O2. The van der Waals surface area contributed by atoms with Crippen LogP contribution >= 0.6 is 0 Å². The lowest BCUT2D eigenvalue weighted by Crippen LogP contribution is -2.04. The third kappa shape index (κ3) is 2.58. The number of esters is 1. The van der Waals surface area contributed by atoms with E-state index in [0.29, 0.717) is 17.9 Å².